The van der Waals surface area contributed by atoms with Gasteiger partial charge in [0.25, 0.3) is 0 Å². The Kier molecular flexibility index (Phi) is 7.38. The second-order valence-corrected chi connectivity index (χ2v) is 15.1. The van der Waals surface area contributed by atoms with Gasteiger partial charge in [-0.1, -0.05) is 6.92 Å². The van der Waals surface area contributed by atoms with E-state index in [4.69, 9.17) is 17.4 Å². The molecule has 0 aliphatic carbocycles. The van der Waals surface area contributed by atoms with Crippen molar-refractivity contribution >= 4 is 26.2 Å². The van der Waals surface area contributed by atoms with Gasteiger partial charge in [-0.3, -0.25) is 0 Å². The van der Waals surface area contributed by atoms with Gasteiger partial charge in [-0.25, -0.2) is 0 Å². The molecule has 0 amide bonds. The quantitative estimate of drug-likeness (QED) is 0.645. The van der Waals surface area contributed by atoms with Gasteiger partial charge in [0.15, 0.2) is 17.4 Å². The zero-order valence-corrected chi connectivity index (χ0v) is 15.4. The lowest BCUT2D eigenvalue weighted by Crippen LogP contribution is -2.49. The highest BCUT2D eigenvalue weighted by atomic mass is 28.4. The maximum Gasteiger partial charge on any atom is 0.502 e. The summed E-state index contributed by atoms with van der Waals surface area (Å²) >= 11 is 0. The molecule has 1 atom stereocenters. The zero-order valence-electron chi connectivity index (χ0n) is 12.4. The fourth-order valence-electron chi connectivity index (χ4n) is 2.31. The summed E-state index contributed by atoms with van der Waals surface area (Å²) in [5, 5.41) is 0. The monoisotopic (exact) mass is 295 g/mol. The average molecular weight is 296 g/mol. The minimum atomic E-state index is -2.52. The summed E-state index contributed by atoms with van der Waals surface area (Å²) in [6, 6.07) is 1.00. The molecule has 17 heavy (non-hydrogen) atoms. The molecule has 4 nitrogen and oxygen atoms in total. The normalized spacial score (nSPS) is 15.4. The van der Waals surface area contributed by atoms with Crippen LogP contribution < -0.4 is 0 Å². The number of rotatable bonds is 8. The first kappa shape index (κ1) is 17.5. The van der Waals surface area contributed by atoms with Gasteiger partial charge in [-0.15, -0.1) is 0 Å². The second kappa shape index (κ2) is 7.17. The van der Waals surface area contributed by atoms with Crippen LogP contribution in [0.5, 0.6) is 0 Å². The Morgan fingerprint density at radius 2 is 1.41 bits per heavy atom. The predicted molar refractivity (Wildman–Crippen MR) is 77.1 cm³/mol. The molecule has 7 heteroatoms. The van der Waals surface area contributed by atoms with Crippen molar-refractivity contribution in [2.24, 2.45) is 0 Å². The molecule has 0 spiro atoms. The molecule has 103 valence electrons. The molecule has 0 saturated carbocycles. The van der Waals surface area contributed by atoms with Crippen molar-refractivity contribution < 1.29 is 17.4 Å². The summed E-state index contributed by atoms with van der Waals surface area (Å²) in [5.74, 6) is 0. The lowest BCUT2D eigenvalue weighted by Gasteiger charge is -2.35. The molecular weight excluding hydrogens is 268 g/mol. The van der Waals surface area contributed by atoms with Crippen LogP contribution in [0.3, 0.4) is 0 Å². The van der Waals surface area contributed by atoms with Crippen LogP contribution in [0.25, 0.3) is 0 Å². The van der Waals surface area contributed by atoms with Gasteiger partial charge in [0.2, 0.25) is 0 Å². The van der Waals surface area contributed by atoms with E-state index in [1.807, 2.05) is 0 Å². The van der Waals surface area contributed by atoms with E-state index in [0.29, 0.717) is 0 Å². The Balaban J connectivity index is 4.65. The van der Waals surface area contributed by atoms with Crippen LogP contribution in [-0.4, -0.2) is 47.5 Å². The lowest BCUT2D eigenvalue weighted by molar-refractivity contribution is 0.114. The molecule has 0 fully saturated rings. The van der Waals surface area contributed by atoms with E-state index < -0.39 is 26.2 Å². The molecule has 0 aliphatic rings. The molecule has 0 bridgehead atoms. The van der Waals surface area contributed by atoms with Crippen LogP contribution in [0.1, 0.15) is 6.92 Å². The van der Waals surface area contributed by atoms with Crippen LogP contribution in [-0.2, 0) is 17.4 Å². The number of hydrogen-bond donors (Lipinski definition) is 0. The number of hydrogen-bond acceptors (Lipinski definition) is 4. The molecule has 0 N–H and O–H groups in total. The van der Waals surface area contributed by atoms with E-state index in [1.54, 1.807) is 21.3 Å². The minimum absolute atomic E-state index is 0.269. The predicted octanol–water partition coefficient (Wildman–Crippen LogP) is 2.73. The van der Waals surface area contributed by atoms with Crippen LogP contribution >= 0.6 is 0 Å². The fourth-order valence-corrected chi connectivity index (χ4v) is 12.7. The van der Waals surface area contributed by atoms with Crippen molar-refractivity contribution in [3.8, 4) is 0 Å². The molecule has 0 aliphatic heterocycles. The summed E-state index contributed by atoms with van der Waals surface area (Å²) in [4.78, 5) is 0. The molecule has 0 rings (SSSR count). The van der Waals surface area contributed by atoms with Crippen LogP contribution in [0.4, 0.5) is 0 Å². The standard InChI is InChI=1S/C10H27O4Si3/c1-10(17(11-2,12-3)13-4)9-16(7,8)14-15(5)6/h10H,9H2,1-8H3. The van der Waals surface area contributed by atoms with Crippen molar-refractivity contribution in [2.45, 2.75) is 44.7 Å². The largest absolute Gasteiger partial charge is 0.502 e. The average Bonchev–Trinajstić information content (AvgIpc) is 2.18. The molecule has 0 aromatic carbocycles. The SMILES string of the molecule is CO[Si](OC)(OC)C(C)C[Si](C)(C)O[Si](C)C. The molecular formula is C10H27O4Si3. The van der Waals surface area contributed by atoms with Gasteiger partial charge in [-0.2, -0.15) is 0 Å². The minimum Gasteiger partial charge on any atom is -0.456 e. The van der Waals surface area contributed by atoms with Crippen LogP contribution in [0.2, 0.25) is 37.8 Å². The van der Waals surface area contributed by atoms with Gasteiger partial charge in [0.05, 0.1) is 0 Å². The molecule has 0 saturated heterocycles. The van der Waals surface area contributed by atoms with E-state index >= 15 is 0 Å². The Bertz CT molecular complexity index is 211. The molecule has 1 radical (unpaired) electrons. The van der Waals surface area contributed by atoms with E-state index in [2.05, 4.69) is 33.1 Å². The van der Waals surface area contributed by atoms with Crippen LogP contribution in [0.15, 0.2) is 0 Å². The van der Waals surface area contributed by atoms with Gasteiger partial charge < -0.3 is 17.4 Å². The van der Waals surface area contributed by atoms with E-state index in [1.165, 1.54) is 0 Å². The Morgan fingerprint density at radius 3 is 1.71 bits per heavy atom. The van der Waals surface area contributed by atoms with E-state index in [9.17, 15) is 0 Å². The highest BCUT2D eigenvalue weighted by Gasteiger charge is 2.47. The molecule has 0 heterocycles. The first-order valence-corrected chi connectivity index (χ1v) is 13.2. The maximum absolute atomic E-state index is 6.13. The second-order valence-electron chi connectivity index (χ2n) is 5.09. The maximum atomic E-state index is 6.13. The lowest BCUT2D eigenvalue weighted by atomic mass is 10.6. The Hall–Kier alpha value is 0.491. The van der Waals surface area contributed by atoms with Crippen molar-refractivity contribution in [2.75, 3.05) is 21.3 Å². The summed E-state index contributed by atoms with van der Waals surface area (Å²) in [5.41, 5.74) is 0.269. The third-order valence-corrected chi connectivity index (χ3v) is 11.7. The fraction of sp³-hybridized carbons (Fsp3) is 1.00. The summed E-state index contributed by atoms with van der Waals surface area (Å²) in [6.07, 6.45) is 0. The van der Waals surface area contributed by atoms with E-state index in [-0.39, 0.29) is 5.54 Å². The first-order chi connectivity index (χ1) is 7.73. The Morgan fingerprint density at radius 1 is 1.00 bits per heavy atom. The zero-order chi connectivity index (χ0) is 13.7. The summed E-state index contributed by atoms with van der Waals surface area (Å²) < 4.78 is 22.7. The van der Waals surface area contributed by atoms with Gasteiger partial charge in [0, 0.05) is 26.9 Å². The Labute approximate surface area is 110 Å². The third kappa shape index (κ3) is 5.33. The summed E-state index contributed by atoms with van der Waals surface area (Å²) in [6.45, 7) is 11.0. The van der Waals surface area contributed by atoms with Gasteiger partial charge in [-0.05, 0) is 32.2 Å². The molecule has 0 aromatic rings. The van der Waals surface area contributed by atoms with Gasteiger partial charge >= 0.3 is 8.80 Å². The van der Waals surface area contributed by atoms with Crippen molar-refractivity contribution in [1.29, 1.82) is 0 Å². The summed E-state index contributed by atoms with van der Waals surface area (Å²) in [7, 11) is 0.190. The highest BCUT2D eigenvalue weighted by molar-refractivity contribution is 6.79. The van der Waals surface area contributed by atoms with E-state index in [0.717, 1.165) is 6.04 Å². The first-order valence-electron chi connectivity index (χ1n) is 5.87. The van der Waals surface area contributed by atoms with Gasteiger partial charge in [0.1, 0.15) is 0 Å². The third-order valence-electron chi connectivity index (χ3n) is 2.74. The highest BCUT2D eigenvalue weighted by Crippen LogP contribution is 2.32. The van der Waals surface area contributed by atoms with Crippen molar-refractivity contribution in [1.82, 2.24) is 0 Å². The molecule has 1 unspecified atom stereocenters. The van der Waals surface area contributed by atoms with Crippen molar-refractivity contribution in [3.63, 3.8) is 0 Å². The smallest absolute Gasteiger partial charge is 0.456 e. The molecule has 0 aromatic heterocycles. The van der Waals surface area contributed by atoms with Crippen LogP contribution in [0, 0.1) is 0 Å². The topological polar surface area (TPSA) is 36.9 Å². The van der Waals surface area contributed by atoms with Crippen molar-refractivity contribution in [3.05, 3.63) is 0 Å².